The van der Waals surface area contributed by atoms with Crippen LogP contribution in [0, 0.1) is 11.8 Å². The van der Waals surface area contributed by atoms with E-state index in [1.807, 2.05) is 0 Å². The van der Waals surface area contributed by atoms with Crippen LogP contribution in [0.2, 0.25) is 0 Å². The summed E-state index contributed by atoms with van der Waals surface area (Å²) in [6.07, 6.45) is 2.48. The zero-order chi connectivity index (χ0) is 15.9. The lowest BCUT2D eigenvalue weighted by atomic mass is 9.93. The number of hydrogen-bond donors (Lipinski definition) is 0. The number of anilines is 2. The van der Waals surface area contributed by atoms with Crippen LogP contribution in [0.3, 0.4) is 0 Å². The van der Waals surface area contributed by atoms with E-state index in [1.54, 1.807) is 0 Å². The molecule has 0 N–H and O–H groups in total. The van der Waals surface area contributed by atoms with Crippen LogP contribution in [0.1, 0.15) is 40.5 Å². The minimum atomic E-state index is 0.521. The molecule has 0 spiro atoms. The van der Waals surface area contributed by atoms with Crippen molar-refractivity contribution in [3.8, 4) is 0 Å². The first kappa shape index (κ1) is 16.6. The predicted molar refractivity (Wildman–Crippen MR) is 97.7 cm³/mol. The van der Waals surface area contributed by atoms with E-state index in [1.165, 1.54) is 24.2 Å². The molecule has 0 saturated carbocycles. The smallest absolute Gasteiger partial charge is 0.0413 e. The second kappa shape index (κ2) is 8.03. The van der Waals surface area contributed by atoms with Gasteiger partial charge in [-0.2, -0.15) is 0 Å². The van der Waals surface area contributed by atoms with E-state index in [4.69, 9.17) is 0 Å². The van der Waals surface area contributed by atoms with E-state index in [2.05, 4.69) is 93.3 Å². The van der Waals surface area contributed by atoms with Crippen molar-refractivity contribution in [3.05, 3.63) is 60.7 Å². The Morgan fingerprint density at radius 3 is 1.50 bits per heavy atom. The summed E-state index contributed by atoms with van der Waals surface area (Å²) in [6.45, 7) is 9.30. The van der Waals surface area contributed by atoms with Gasteiger partial charge >= 0.3 is 0 Å². The van der Waals surface area contributed by atoms with Crippen LogP contribution < -0.4 is 4.90 Å². The molecule has 0 aromatic heterocycles. The van der Waals surface area contributed by atoms with Gasteiger partial charge in [0, 0.05) is 17.4 Å². The van der Waals surface area contributed by atoms with Gasteiger partial charge in [0.1, 0.15) is 0 Å². The molecule has 0 aliphatic heterocycles. The maximum atomic E-state index is 2.52. The molecule has 2 aromatic carbocycles. The highest BCUT2D eigenvalue weighted by Crippen LogP contribution is 2.32. The van der Waals surface area contributed by atoms with Crippen molar-refractivity contribution < 1.29 is 0 Å². The molecule has 0 aliphatic carbocycles. The highest BCUT2D eigenvalue weighted by Gasteiger charge is 2.23. The highest BCUT2D eigenvalue weighted by atomic mass is 15.2. The lowest BCUT2D eigenvalue weighted by molar-refractivity contribution is 0.413. The van der Waals surface area contributed by atoms with E-state index in [-0.39, 0.29) is 0 Å². The van der Waals surface area contributed by atoms with E-state index >= 15 is 0 Å². The van der Waals surface area contributed by atoms with E-state index in [9.17, 15) is 0 Å². The van der Waals surface area contributed by atoms with Gasteiger partial charge in [-0.1, -0.05) is 64.1 Å². The Hall–Kier alpha value is -1.76. The van der Waals surface area contributed by atoms with Gasteiger partial charge in [0.15, 0.2) is 0 Å². The van der Waals surface area contributed by atoms with E-state index < -0.39 is 0 Å². The summed E-state index contributed by atoms with van der Waals surface area (Å²) in [7, 11) is 0. The molecule has 0 heterocycles. The van der Waals surface area contributed by atoms with Gasteiger partial charge in [-0.25, -0.2) is 0 Å². The van der Waals surface area contributed by atoms with Crippen LogP contribution in [0.4, 0.5) is 11.4 Å². The van der Waals surface area contributed by atoms with Crippen molar-refractivity contribution in [2.75, 3.05) is 4.90 Å². The molecule has 22 heavy (non-hydrogen) atoms. The van der Waals surface area contributed by atoms with E-state index in [0.29, 0.717) is 12.0 Å². The molecule has 1 atom stereocenters. The van der Waals surface area contributed by atoms with Crippen LogP contribution >= 0.6 is 0 Å². The lowest BCUT2D eigenvalue weighted by Crippen LogP contribution is -2.35. The molecule has 0 saturated heterocycles. The average Bonchev–Trinajstić information content (AvgIpc) is 2.52. The largest absolute Gasteiger partial charge is 0.338 e. The first-order chi connectivity index (χ1) is 10.6. The Kier molecular flexibility index (Phi) is 6.06. The van der Waals surface area contributed by atoms with Crippen molar-refractivity contribution in [2.45, 2.75) is 46.6 Å². The molecule has 2 aromatic rings. The molecule has 0 radical (unpaired) electrons. The molecular formula is C21H29N. The van der Waals surface area contributed by atoms with Crippen LogP contribution in [0.15, 0.2) is 60.7 Å². The molecule has 1 heteroatoms. The molecule has 0 aliphatic rings. The van der Waals surface area contributed by atoms with Crippen molar-refractivity contribution in [1.82, 2.24) is 0 Å². The molecule has 1 unspecified atom stereocenters. The minimum Gasteiger partial charge on any atom is -0.338 e. The monoisotopic (exact) mass is 295 g/mol. The average molecular weight is 295 g/mol. The van der Waals surface area contributed by atoms with Gasteiger partial charge in [-0.3, -0.25) is 0 Å². The van der Waals surface area contributed by atoms with Crippen LogP contribution in [-0.4, -0.2) is 6.04 Å². The first-order valence-corrected chi connectivity index (χ1v) is 8.49. The molecule has 118 valence electrons. The number of benzene rings is 2. The third kappa shape index (κ3) is 4.37. The van der Waals surface area contributed by atoms with Crippen LogP contribution in [0.25, 0.3) is 0 Å². The van der Waals surface area contributed by atoms with Gasteiger partial charge < -0.3 is 4.90 Å². The molecule has 0 bridgehead atoms. The second-order valence-electron chi connectivity index (χ2n) is 6.82. The summed E-state index contributed by atoms with van der Waals surface area (Å²) in [4.78, 5) is 2.52. The van der Waals surface area contributed by atoms with Crippen molar-refractivity contribution in [3.63, 3.8) is 0 Å². The summed E-state index contributed by atoms with van der Waals surface area (Å²) in [5.41, 5.74) is 2.58. The number of nitrogens with zero attached hydrogens (tertiary/aromatic N) is 1. The lowest BCUT2D eigenvalue weighted by Gasteiger charge is -2.37. The first-order valence-electron chi connectivity index (χ1n) is 8.49. The van der Waals surface area contributed by atoms with Gasteiger partial charge in [-0.15, -0.1) is 0 Å². The summed E-state index contributed by atoms with van der Waals surface area (Å²) in [5.74, 6) is 1.36. The number of hydrogen-bond acceptors (Lipinski definition) is 1. The normalized spacial score (nSPS) is 12.6. The fourth-order valence-corrected chi connectivity index (χ4v) is 2.97. The Bertz CT molecular complexity index is 491. The maximum absolute atomic E-state index is 2.52. The molecular weight excluding hydrogens is 266 g/mol. The fourth-order valence-electron chi connectivity index (χ4n) is 2.97. The van der Waals surface area contributed by atoms with Crippen molar-refractivity contribution in [1.29, 1.82) is 0 Å². The van der Waals surface area contributed by atoms with E-state index in [0.717, 1.165) is 5.92 Å². The van der Waals surface area contributed by atoms with Crippen LogP contribution in [-0.2, 0) is 0 Å². The second-order valence-corrected chi connectivity index (χ2v) is 6.82. The molecule has 2 rings (SSSR count). The highest BCUT2D eigenvalue weighted by molar-refractivity contribution is 5.64. The zero-order valence-electron chi connectivity index (χ0n) is 14.4. The summed E-state index contributed by atoms with van der Waals surface area (Å²) >= 11 is 0. The Labute approximate surface area is 136 Å². The van der Waals surface area contributed by atoms with Gasteiger partial charge in [0.25, 0.3) is 0 Å². The Balaban J connectivity index is 2.37. The fraction of sp³-hybridized carbons (Fsp3) is 0.429. The van der Waals surface area contributed by atoms with Crippen molar-refractivity contribution >= 4 is 11.4 Å². The SMILES string of the molecule is CC(C)CCC(C(C)C)N(c1ccccc1)c1ccccc1. The van der Waals surface area contributed by atoms with Gasteiger partial charge in [0.05, 0.1) is 0 Å². The Morgan fingerprint density at radius 1 is 0.682 bits per heavy atom. The predicted octanol–water partition coefficient (Wildman–Crippen LogP) is 6.29. The van der Waals surface area contributed by atoms with Crippen LogP contribution in [0.5, 0.6) is 0 Å². The summed E-state index contributed by atoms with van der Waals surface area (Å²) in [6, 6.07) is 22.1. The van der Waals surface area contributed by atoms with Gasteiger partial charge in [-0.05, 0) is 48.9 Å². The van der Waals surface area contributed by atoms with Crippen molar-refractivity contribution in [2.24, 2.45) is 11.8 Å². The minimum absolute atomic E-state index is 0.521. The third-order valence-electron chi connectivity index (χ3n) is 4.21. The number of para-hydroxylation sites is 2. The molecule has 0 fully saturated rings. The summed E-state index contributed by atoms with van der Waals surface area (Å²) in [5, 5.41) is 0. The Morgan fingerprint density at radius 2 is 1.14 bits per heavy atom. The van der Waals surface area contributed by atoms with Gasteiger partial charge in [0.2, 0.25) is 0 Å². The quantitative estimate of drug-likeness (QED) is 0.580. The zero-order valence-corrected chi connectivity index (χ0v) is 14.4. The number of rotatable bonds is 7. The molecule has 1 nitrogen and oxygen atoms in total. The standard InChI is InChI=1S/C21H29N/c1-17(2)15-16-21(18(3)4)22(19-11-7-5-8-12-19)20-13-9-6-10-14-20/h5-14,17-18,21H,15-16H2,1-4H3. The third-order valence-corrected chi connectivity index (χ3v) is 4.21. The molecule has 0 amide bonds. The summed E-state index contributed by atoms with van der Waals surface area (Å²) < 4.78 is 0. The maximum Gasteiger partial charge on any atom is 0.0413 e. The topological polar surface area (TPSA) is 3.24 Å².